The molecule has 0 amide bonds. The van der Waals surface area contributed by atoms with E-state index in [4.69, 9.17) is 4.74 Å². The Labute approximate surface area is 229 Å². The summed E-state index contributed by atoms with van der Waals surface area (Å²) < 4.78 is 6.36. The molecule has 0 saturated carbocycles. The molecule has 0 spiro atoms. The number of nitrogens with one attached hydrogen (secondary N) is 1. The highest BCUT2D eigenvalue weighted by atomic mass is 79.9. The van der Waals surface area contributed by atoms with Gasteiger partial charge in [-0.2, -0.15) is 5.26 Å². The number of benzene rings is 3. The average Bonchev–Trinajstić information content (AvgIpc) is 2.92. The fraction of sp³-hybridized carbons (Fsp3) is 0.167. The second kappa shape index (κ2) is 12.1. The number of esters is 1. The summed E-state index contributed by atoms with van der Waals surface area (Å²) in [5, 5.41) is 14.2. The molecular weight excluding hydrogens is 548 g/mol. The number of Topliss-reactive ketones (excluding diaryl/α,β-unsaturated/α-hetero) is 1. The predicted octanol–water partition coefficient (Wildman–Crippen LogP) is 6.77. The lowest BCUT2D eigenvalue weighted by molar-refractivity contribution is -0.138. The van der Waals surface area contributed by atoms with E-state index in [1.54, 1.807) is 19.1 Å². The van der Waals surface area contributed by atoms with Gasteiger partial charge in [0.05, 0.1) is 46.2 Å². The number of ketones is 1. The van der Waals surface area contributed by atoms with Gasteiger partial charge in [-0.15, -0.1) is 0 Å². The number of hydrogen-bond acceptors (Lipinski definition) is 6. The highest BCUT2D eigenvalue weighted by molar-refractivity contribution is 9.10. The maximum atomic E-state index is 13.4. The molecule has 0 aliphatic carbocycles. The van der Waals surface area contributed by atoms with E-state index < -0.39 is 11.9 Å². The third kappa shape index (κ3) is 6.04. The summed E-state index contributed by atoms with van der Waals surface area (Å²) in [7, 11) is 0. The molecule has 186 valence electrons. The largest absolute Gasteiger partial charge is 0.463 e. The van der Waals surface area contributed by atoms with Gasteiger partial charge in [0, 0.05) is 10.0 Å². The number of ether oxygens (including phenoxy) is 1. The molecule has 0 aromatic heterocycles. The monoisotopic (exact) mass is 572 g/mol. The Hall–Kier alpha value is -3.60. The Bertz CT molecular complexity index is 1410. The number of carbonyl (C=O) groups excluding carboxylic acids is 2. The number of nitrogens with zero attached hydrogens (tertiary/aromatic N) is 1. The minimum Gasteiger partial charge on any atom is -0.463 e. The predicted molar refractivity (Wildman–Crippen MR) is 151 cm³/mol. The number of dihydropyridines is 1. The van der Waals surface area contributed by atoms with Crippen LogP contribution in [0.1, 0.15) is 39.9 Å². The number of carbonyl (C=O) groups is 2. The summed E-state index contributed by atoms with van der Waals surface area (Å²) >= 11 is 4.65. The SMILES string of the molecule is CCOC(=O)C1=C(c2ccccc2)NC(SCC(=O)c2ccc(Br)cc2)=C(C#N)[C@@H]1c1ccc(C)cc1. The number of thioether (sulfide) groups is 1. The van der Waals surface area contributed by atoms with Crippen LogP contribution in [0.25, 0.3) is 5.70 Å². The Balaban J connectivity index is 1.81. The molecule has 0 radical (unpaired) electrons. The lowest BCUT2D eigenvalue weighted by Gasteiger charge is -2.30. The molecule has 1 aliphatic heterocycles. The summed E-state index contributed by atoms with van der Waals surface area (Å²) in [5.74, 6) is -1.06. The van der Waals surface area contributed by atoms with Crippen LogP contribution in [0.4, 0.5) is 0 Å². The molecule has 3 aromatic rings. The van der Waals surface area contributed by atoms with Crippen molar-refractivity contribution in [1.82, 2.24) is 5.32 Å². The van der Waals surface area contributed by atoms with Gasteiger partial charge in [0.25, 0.3) is 0 Å². The van der Waals surface area contributed by atoms with Crippen molar-refractivity contribution in [2.24, 2.45) is 0 Å². The van der Waals surface area contributed by atoms with E-state index in [1.165, 1.54) is 11.8 Å². The van der Waals surface area contributed by atoms with Crippen LogP contribution in [0.15, 0.2) is 99.5 Å². The maximum Gasteiger partial charge on any atom is 0.337 e. The highest BCUT2D eigenvalue weighted by Crippen LogP contribution is 2.43. The molecule has 3 aromatic carbocycles. The number of allylic oxidation sites excluding steroid dienone is 1. The smallest absolute Gasteiger partial charge is 0.337 e. The van der Waals surface area contributed by atoms with Crippen LogP contribution in [0.5, 0.6) is 0 Å². The highest BCUT2D eigenvalue weighted by Gasteiger charge is 2.37. The molecule has 37 heavy (non-hydrogen) atoms. The van der Waals surface area contributed by atoms with Crippen molar-refractivity contribution in [3.8, 4) is 6.07 Å². The molecule has 1 heterocycles. The van der Waals surface area contributed by atoms with E-state index >= 15 is 0 Å². The molecule has 5 nitrogen and oxygen atoms in total. The van der Waals surface area contributed by atoms with Gasteiger partial charge in [0.15, 0.2) is 5.78 Å². The lowest BCUT2D eigenvalue weighted by Crippen LogP contribution is -2.29. The van der Waals surface area contributed by atoms with Crippen LogP contribution in [0.3, 0.4) is 0 Å². The van der Waals surface area contributed by atoms with Crippen molar-refractivity contribution in [2.45, 2.75) is 19.8 Å². The first kappa shape index (κ1) is 26.5. The minimum absolute atomic E-state index is 0.0580. The standard InChI is InChI=1S/C30H25BrN2O3S/c1-3-36-30(35)27-26(21-11-9-19(2)10-12-21)24(17-32)29(33-28(27)22-7-5-4-6-8-22)37-18-25(34)20-13-15-23(31)16-14-20/h4-16,26,33H,3,18H2,1-2H3/t26-/m0/s1. The van der Waals surface area contributed by atoms with Crippen LogP contribution in [-0.4, -0.2) is 24.1 Å². The van der Waals surface area contributed by atoms with E-state index in [9.17, 15) is 14.9 Å². The van der Waals surface area contributed by atoms with Crippen LogP contribution < -0.4 is 5.32 Å². The summed E-state index contributed by atoms with van der Waals surface area (Å²) in [5.41, 5.74) is 4.57. The summed E-state index contributed by atoms with van der Waals surface area (Å²) in [6.45, 7) is 3.95. The molecule has 7 heteroatoms. The Morgan fingerprint density at radius 1 is 1.03 bits per heavy atom. The van der Waals surface area contributed by atoms with Gasteiger partial charge in [-0.1, -0.05) is 100.0 Å². The summed E-state index contributed by atoms with van der Waals surface area (Å²) in [6.07, 6.45) is 0. The molecule has 4 rings (SSSR count). The first-order valence-electron chi connectivity index (χ1n) is 11.8. The molecular formula is C30H25BrN2O3S. The third-order valence-corrected chi connectivity index (χ3v) is 7.48. The molecule has 0 bridgehead atoms. The van der Waals surface area contributed by atoms with Crippen LogP contribution in [0.2, 0.25) is 0 Å². The zero-order chi connectivity index (χ0) is 26.4. The number of hydrogen-bond donors (Lipinski definition) is 1. The molecule has 1 N–H and O–H groups in total. The van der Waals surface area contributed by atoms with Gasteiger partial charge < -0.3 is 10.1 Å². The fourth-order valence-corrected chi connectivity index (χ4v) is 5.31. The van der Waals surface area contributed by atoms with Crippen LogP contribution in [0, 0.1) is 18.3 Å². The van der Waals surface area contributed by atoms with Crippen molar-refractivity contribution < 1.29 is 14.3 Å². The Morgan fingerprint density at radius 2 is 1.70 bits per heavy atom. The van der Waals surface area contributed by atoms with Crippen molar-refractivity contribution >= 4 is 45.1 Å². The fourth-order valence-electron chi connectivity index (χ4n) is 4.11. The molecule has 0 unspecified atom stereocenters. The van der Waals surface area contributed by atoms with Crippen LogP contribution >= 0.6 is 27.7 Å². The topological polar surface area (TPSA) is 79.2 Å². The van der Waals surface area contributed by atoms with Crippen molar-refractivity contribution in [2.75, 3.05) is 12.4 Å². The van der Waals surface area contributed by atoms with Gasteiger partial charge in [-0.05, 0) is 37.1 Å². The lowest BCUT2D eigenvalue weighted by atomic mass is 9.81. The second-order valence-corrected chi connectivity index (χ2v) is 10.3. The molecule has 1 aliphatic rings. The molecule has 0 saturated heterocycles. The van der Waals surface area contributed by atoms with E-state index in [1.807, 2.05) is 73.7 Å². The molecule has 0 fully saturated rings. The number of nitriles is 1. The normalized spacial score (nSPS) is 15.1. The first-order valence-corrected chi connectivity index (χ1v) is 13.6. The van der Waals surface area contributed by atoms with Crippen molar-refractivity contribution in [1.29, 1.82) is 5.26 Å². The zero-order valence-electron chi connectivity index (χ0n) is 20.5. The van der Waals surface area contributed by atoms with Gasteiger partial charge >= 0.3 is 5.97 Å². The minimum atomic E-state index is -0.647. The Kier molecular flexibility index (Phi) is 8.65. The summed E-state index contributed by atoms with van der Waals surface area (Å²) in [4.78, 5) is 26.3. The zero-order valence-corrected chi connectivity index (χ0v) is 22.9. The average molecular weight is 574 g/mol. The second-order valence-electron chi connectivity index (χ2n) is 8.42. The van der Waals surface area contributed by atoms with Gasteiger partial charge in [0.1, 0.15) is 0 Å². The van der Waals surface area contributed by atoms with E-state index in [0.29, 0.717) is 27.4 Å². The van der Waals surface area contributed by atoms with E-state index in [-0.39, 0.29) is 18.1 Å². The van der Waals surface area contributed by atoms with Crippen molar-refractivity contribution in [3.63, 3.8) is 0 Å². The first-order chi connectivity index (χ1) is 17.9. The van der Waals surface area contributed by atoms with Gasteiger partial charge in [-0.25, -0.2) is 4.79 Å². The number of aryl methyl sites for hydroxylation is 1. The van der Waals surface area contributed by atoms with Crippen LogP contribution in [-0.2, 0) is 9.53 Å². The van der Waals surface area contributed by atoms with Crippen molar-refractivity contribution in [3.05, 3.63) is 122 Å². The van der Waals surface area contributed by atoms with Gasteiger partial charge in [0.2, 0.25) is 0 Å². The maximum absolute atomic E-state index is 13.4. The summed E-state index contributed by atoms with van der Waals surface area (Å²) in [6, 6.07) is 26.8. The number of halogens is 1. The Morgan fingerprint density at radius 3 is 2.32 bits per heavy atom. The van der Waals surface area contributed by atoms with E-state index in [2.05, 4.69) is 27.3 Å². The number of rotatable bonds is 8. The van der Waals surface area contributed by atoms with E-state index in [0.717, 1.165) is 21.2 Å². The third-order valence-electron chi connectivity index (χ3n) is 5.93. The quantitative estimate of drug-likeness (QED) is 0.237. The van der Waals surface area contributed by atoms with Gasteiger partial charge in [-0.3, -0.25) is 4.79 Å². The molecule has 1 atom stereocenters.